The first-order chi connectivity index (χ1) is 17.3. The normalized spacial score (nSPS) is 14.4. The third-order valence-corrected chi connectivity index (χ3v) is 7.27. The van der Waals surface area contributed by atoms with Crippen LogP contribution in [0, 0.1) is 6.92 Å². The van der Waals surface area contributed by atoms with E-state index in [-0.39, 0.29) is 0 Å². The van der Waals surface area contributed by atoms with E-state index in [1.54, 1.807) is 0 Å². The zero-order valence-electron chi connectivity index (χ0n) is 23.3. The Bertz CT molecular complexity index is 1270. The maximum Gasteiger partial charge on any atom is 0.0942 e. The Morgan fingerprint density at radius 1 is 1.25 bits per heavy atom. The molecular formula is C31H43N5. The standard InChI is InChI=1S/C31H43N5/c1-8-10-15-24(34-20(3)4)19-33-27-18-26(25-16-12-17-32-30(25)23-13-11-14-23)35-29-22(7)28(9-2)36(21(5)6)31(27)29/h12,15-18,21,23H,8-11,13-14,19H2,1-7H3,(H,33,35)/b24-15-. The molecule has 0 saturated heterocycles. The molecule has 1 saturated carbocycles. The molecule has 3 aromatic rings. The summed E-state index contributed by atoms with van der Waals surface area (Å²) in [6, 6.07) is 6.84. The van der Waals surface area contributed by atoms with Crippen LogP contribution in [-0.4, -0.2) is 26.8 Å². The van der Waals surface area contributed by atoms with E-state index in [0.717, 1.165) is 47.6 Å². The van der Waals surface area contributed by atoms with Gasteiger partial charge in [-0.25, -0.2) is 4.98 Å². The first-order valence-electron chi connectivity index (χ1n) is 13.8. The minimum atomic E-state index is 0.347. The van der Waals surface area contributed by atoms with Crippen molar-refractivity contribution >= 4 is 22.4 Å². The molecule has 3 heterocycles. The zero-order valence-corrected chi connectivity index (χ0v) is 23.3. The fraction of sp³-hybridized carbons (Fsp3) is 0.516. The van der Waals surface area contributed by atoms with E-state index in [9.17, 15) is 0 Å². The number of rotatable bonds is 10. The van der Waals surface area contributed by atoms with Gasteiger partial charge in [0.25, 0.3) is 0 Å². The molecule has 36 heavy (non-hydrogen) atoms. The summed E-state index contributed by atoms with van der Waals surface area (Å²) in [4.78, 5) is 15.0. The van der Waals surface area contributed by atoms with Crippen LogP contribution < -0.4 is 5.32 Å². The zero-order chi connectivity index (χ0) is 25.8. The molecule has 0 spiro atoms. The van der Waals surface area contributed by atoms with Crippen molar-refractivity contribution in [2.75, 3.05) is 11.9 Å². The van der Waals surface area contributed by atoms with E-state index >= 15 is 0 Å². The highest BCUT2D eigenvalue weighted by Gasteiger charge is 2.26. The van der Waals surface area contributed by atoms with Crippen LogP contribution in [0.3, 0.4) is 0 Å². The predicted molar refractivity (Wildman–Crippen MR) is 154 cm³/mol. The Balaban J connectivity index is 1.89. The van der Waals surface area contributed by atoms with Gasteiger partial charge in [0, 0.05) is 35.1 Å². The lowest BCUT2D eigenvalue weighted by Crippen LogP contribution is -2.12. The molecule has 4 rings (SSSR count). The maximum atomic E-state index is 5.30. The van der Waals surface area contributed by atoms with Gasteiger partial charge in [-0.2, -0.15) is 0 Å². The molecule has 1 aliphatic rings. The van der Waals surface area contributed by atoms with Gasteiger partial charge in [0.05, 0.1) is 40.4 Å². The van der Waals surface area contributed by atoms with E-state index < -0.39 is 0 Å². The second-order valence-electron chi connectivity index (χ2n) is 10.6. The molecule has 0 bridgehead atoms. The molecule has 1 aliphatic carbocycles. The summed E-state index contributed by atoms with van der Waals surface area (Å²) in [5, 5.41) is 3.79. The van der Waals surface area contributed by atoms with Crippen molar-refractivity contribution in [2.45, 2.75) is 99.0 Å². The number of fused-ring (bicyclic) bond motifs is 1. The van der Waals surface area contributed by atoms with Gasteiger partial charge in [0.2, 0.25) is 0 Å². The van der Waals surface area contributed by atoms with Crippen molar-refractivity contribution in [2.24, 2.45) is 4.99 Å². The van der Waals surface area contributed by atoms with Gasteiger partial charge in [-0.3, -0.25) is 9.98 Å². The monoisotopic (exact) mass is 485 g/mol. The van der Waals surface area contributed by atoms with E-state index in [4.69, 9.17) is 15.0 Å². The van der Waals surface area contributed by atoms with E-state index in [0.29, 0.717) is 18.5 Å². The second-order valence-corrected chi connectivity index (χ2v) is 10.6. The minimum absolute atomic E-state index is 0.347. The van der Waals surface area contributed by atoms with Gasteiger partial charge in [0.1, 0.15) is 0 Å². The Labute approximate surface area is 217 Å². The number of nitrogens with zero attached hydrogens (tertiary/aromatic N) is 4. The lowest BCUT2D eigenvalue weighted by Gasteiger charge is -2.26. The fourth-order valence-electron chi connectivity index (χ4n) is 5.36. The Hall–Kier alpha value is -2.95. The molecule has 192 valence electrons. The van der Waals surface area contributed by atoms with Crippen LogP contribution in [0.25, 0.3) is 22.3 Å². The molecule has 0 radical (unpaired) electrons. The molecule has 0 unspecified atom stereocenters. The Morgan fingerprint density at radius 3 is 2.64 bits per heavy atom. The second kappa shape index (κ2) is 11.4. The number of hydrogen-bond acceptors (Lipinski definition) is 4. The lowest BCUT2D eigenvalue weighted by atomic mass is 9.80. The highest BCUT2D eigenvalue weighted by molar-refractivity contribution is 5.95. The molecule has 5 heteroatoms. The van der Waals surface area contributed by atoms with Gasteiger partial charge in [-0.15, -0.1) is 0 Å². The number of pyridine rings is 2. The first kappa shape index (κ1) is 26.1. The van der Waals surface area contributed by atoms with Crippen LogP contribution in [0.1, 0.15) is 103 Å². The largest absolute Gasteiger partial charge is 0.378 e. The van der Waals surface area contributed by atoms with Crippen LogP contribution in [0.15, 0.2) is 41.2 Å². The third-order valence-electron chi connectivity index (χ3n) is 7.27. The molecule has 3 aromatic heterocycles. The van der Waals surface area contributed by atoms with Crippen molar-refractivity contribution in [3.63, 3.8) is 0 Å². The lowest BCUT2D eigenvalue weighted by molar-refractivity contribution is 0.412. The fourth-order valence-corrected chi connectivity index (χ4v) is 5.36. The summed E-state index contributed by atoms with van der Waals surface area (Å²) >= 11 is 0. The van der Waals surface area contributed by atoms with Crippen LogP contribution in [-0.2, 0) is 6.42 Å². The predicted octanol–water partition coefficient (Wildman–Crippen LogP) is 8.39. The minimum Gasteiger partial charge on any atom is -0.378 e. The highest BCUT2D eigenvalue weighted by Crippen LogP contribution is 2.41. The number of nitrogens with one attached hydrogen (secondary N) is 1. The number of aliphatic imine (C=N–C) groups is 1. The van der Waals surface area contributed by atoms with Crippen molar-refractivity contribution < 1.29 is 0 Å². The number of allylic oxidation sites excluding steroid dienone is 1. The van der Waals surface area contributed by atoms with Gasteiger partial charge in [-0.05, 0) is 84.1 Å². The van der Waals surface area contributed by atoms with Crippen LogP contribution in [0.5, 0.6) is 0 Å². The molecule has 0 aliphatic heterocycles. The summed E-state index contributed by atoms with van der Waals surface area (Å²) < 4.78 is 2.48. The number of hydrogen-bond donors (Lipinski definition) is 1. The summed E-state index contributed by atoms with van der Waals surface area (Å²) in [6.07, 6.45) is 11.1. The number of aromatic nitrogens is 3. The van der Waals surface area contributed by atoms with Gasteiger partial charge >= 0.3 is 0 Å². The first-order valence-corrected chi connectivity index (χ1v) is 13.8. The van der Waals surface area contributed by atoms with Crippen LogP contribution in [0.4, 0.5) is 5.69 Å². The summed E-state index contributed by atoms with van der Waals surface area (Å²) in [6.45, 7) is 16.0. The number of unbranched alkanes of at least 4 members (excludes halogenated alkanes) is 1. The van der Waals surface area contributed by atoms with E-state index in [2.05, 4.69) is 76.6 Å². The highest BCUT2D eigenvalue weighted by atomic mass is 15.1. The van der Waals surface area contributed by atoms with Crippen molar-refractivity contribution in [1.82, 2.24) is 14.5 Å². The number of anilines is 1. The van der Waals surface area contributed by atoms with Crippen molar-refractivity contribution in [3.05, 3.63) is 53.1 Å². The molecule has 0 atom stereocenters. The van der Waals surface area contributed by atoms with Crippen molar-refractivity contribution in [3.8, 4) is 11.3 Å². The quantitative estimate of drug-likeness (QED) is 0.293. The number of aryl methyl sites for hydroxylation is 1. The van der Waals surface area contributed by atoms with E-state index in [1.807, 2.05) is 12.3 Å². The molecule has 0 amide bonds. The maximum absolute atomic E-state index is 5.30. The third kappa shape index (κ3) is 5.25. The van der Waals surface area contributed by atoms with Crippen molar-refractivity contribution in [1.29, 1.82) is 0 Å². The SMILES string of the molecule is CCC/C=C(/CNc1cc(-c2cccnc2C2CCC2)nc2c(C)c(CC)n(C(C)C)c12)N=C(C)C. The van der Waals surface area contributed by atoms with Gasteiger partial charge < -0.3 is 9.88 Å². The molecular weight excluding hydrogens is 442 g/mol. The summed E-state index contributed by atoms with van der Waals surface area (Å²) in [7, 11) is 0. The summed E-state index contributed by atoms with van der Waals surface area (Å²) in [5.74, 6) is 0.549. The summed E-state index contributed by atoms with van der Waals surface area (Å²) in [5.41, 5.74) is 11.6. The molecule has 1 fully saturated rings. The van der Waals surface area contributed by atoms with E-state index in [1.165, 1.54) is 47.3 Å². The van der Waals surface area contributed by atoms with Gasteiger partial charge in [-0.1, -0.05) is 32.8 Å². The molecule has 1 N–H and O–H groups in total. The smallest absolute Gasteiger partial charge is 0.0942 e. The molecule has 5 nitrogen and oxygen atoms in total. The van der Waals surface area contributed by atoms with Crippen LogP contribution >= 0.6 is 0 Å². The van der Waals surface area contributed by atoms with Crippen LogP contribution in [0.2, 0.25) is 0 Å². The topological polar surface area (TPSA) is 55.1 Å². The Morgan fingerprint density at radius 2 is 2.03 bits per heavy atom. The Kier molecular flexibility index (Phi) is 8.28. The van der Waals surface area contributed by atoms with Gasteiger partial charge in [0.15, 0.2) is 0 Å². The molecule has 0 aromatic carbocycles. The average molecular weight is 486 g/mol. The average Bonchev–Trinajstić information content (AvgIpc) is 3.11.